The van der Waals surface area contributed by atoms with Gasteiger partial charge in [-0.1, -0.05) is 11.6 Å². The second-order valence-corrected chi connectivity index (χ2v) is 10.4. The third-order valence-corrected chi connectivity index (χ3v) is 7.19. The first-order chi connectivity index (χ1) is 17.9. The van der Waals surface area contributed by atoms with Gasteiger partial charge in [0, 0.05) is 29.9 Å². The summed E-state index contributed by atoms with van der Waals surface area (Å²) in [6, 6.07) is 7.36. The summed E-state index contributed by atoms with van der Waals surface area (Å²) in [5.74, 6) is -1.10. The molecule has 2 saturated heterocycles. The Balaban J connectivity index is 1.22. The van der Waals surface area contributed by atoms with Gasteiger partial charge in [0.1, 0.15) is 17.4 Å². The number of aromatic amines is 1. The Morgan fingerprint density at radius 1 is 1.16 bits per heavy atom. The van der Waals surface area contributed by atoms with Gasteiger partial charge >= 0.3 is 6.18 Å². The summed E-state index contributed by atoms with van der Waals surface area (Å²) in [4.78, 5) is 23.3. The van der Waals surface area contributed by atoms with Crippen LogP contribution in [0.25, 0.3) is 11.4 Å². The summed E-state index contributed by atoms with van der Waals surface area (Å²) in [5.41, 5.74) is -0.861. The number of ether oxygens (including phenoxy) is 1. The van der Waals surface area contributed by atoms with Crippen molar-refractivity contribution >= 4 is 23.3 Å². The number of amides is 1. The van der Waals surface area contributed by atoms with Crippen LogP contribution in [0.3, 0.4) is 0 Å². The van der Waals surface area contributed by atoms with Crippen LogP contribution in [0.1, 0.15) is 45.4 Å². The van der Waals surface area contributed by atoms with E-state index in [1.165, 1.54) is 18.3 Å². The Hall–Kier alpha value is -3.41. The molecule has 202 valence electrons. The zero-order valence-electron chi connectivity index (χ0n) is 20.5. The highest BCUT2D eigenvalue weighted by molar-refractivity contribution is 6.32. The van der Waals surface area contributed by atoms with E-state index in [0.717, 1.165) is 18.9 Å². The van der Waals surface area contributed by atoms with E-state index in [1.807, 2.05) is 5.10 Å². The maximum absolute atomic E-state index is 13.3. The van der Waals surface area contributed by atoms with E-state index < -0.39 is 23.4 Å². The number of piperidine rings is 1. The highest BCUT2D eigenvalue weighted by atomic mass is 35.5. The number of nitrogens with zero attached hydrogens (tertiary/aromatic N) is 4. The maximum Gasteiger partial charge on any atom is 0.451 e. The summed E-state index contributed by atoms with van der Waals surface area (Å²) in [6.45, 7) is 3.26. The predicted molar refractivity (Wildman–Crippen MR) is 131 cm³/mol. The number of rotatable bonds is 6. The molecule has 0 aliphatic carbocycles. The van der Waals surface area contributed by atoms with E-state index in [1.54, 1.807) is 26.0 Å². The van der Waals surface area contributed by atoms with E-state index in [9.17, 15) is 22.4 Å². The minimum atomic E-state index is -4.60. The number of pyridine rings is 1. The molecule has 13 heteroatoms. The van der Waals surface area contributed by atoms with Gasteiger partial charge in [-0.25, -0.2) is 14.4 Å². The van der Waals surface area contributed by atoms with Gasteiger partial charge in [0.25, 0.3) is 5.91 Å². The number of alkyl halides is 3. The van der Waals surface area contributed by atoms with E-state index in [4.69, 9.17) is 16.3 Å². The monoisotopic (exact) mass is 552 g/mol. The second kappa shape index (κ2) is 9.72. The van der Waals surface area contributed by atoms with Crippen molar-refractivity contribution in [2.24, 2.45) is 0 Å². The summed E-state index contributed by atoms with van der Waals surface area (Å²) < 4.78 is 57.6. The lowest BCUT2D eigenvalue weighted by Gasteiger charge is -2.40. The fourth-order valence-electron chi connectivity index (χ4n) is 5.10. The molecule has 5 rings (SSSR count). The molecule has 2 unspecified atom stereocenters. The highest BCUT2D eigenvalue weighted by Crippen LogP contribution is 2.39. The van der Waals surface area contributed by atoms with Crippen molar-refractivity contribution in [2.45, 2.75) is 69.4 Å². The number of H-pyrrole nitrogens is 1. The molecule has 1 aromatic carbocycles. The Morgan fingerprint density at radius 3 is 2.45 bits per heavy atom. The lowest BCUT2D eigenvalue weighted by Crippen LogP contribution is -2.55. The van der Waals surface area contributed by atoms with Crippen LogP contribution in [0.15, 0.2) is 36.5 Å². The molecule has 2 atom stereocenters. The van der Waals surface area contributed by atoms with Crippen LogP contribution in [-0.2, 0) is 11.0 Å². The van der Waals surface area contributed by atoms with Gasteiger partial charge in [-0.05, 0) is 69.9 Å². The number of hydrogen-bond donors (Lipinski definition) is 2. The highest BCUT2D eigenvalue weighted by Gasteiger charge is 2.43. The molecule has 3 aromatic rings. The first kappa shape index (κ1) is 26.2. The van der Waals surface area contributed by atoms with Gasteiger partial charge in [-0.3, -0.25) is 9.89 Å². The Labute approximate surface area is 220 Å². The van der Waals surface area contributed by atoms with Crippen LogP contribution < -0.4 is 15.0 Å². The molecule has 2 N–H and O–H groups in total. The van der Waals surface area contributed by atoms with Crippen molar-refractivity contribution in [1.82, 2.24) is 25.5 Å². The number of hydrogen-bond acceptors (Lipinski definition) is 6. The molecule has 2 aliphatic heterocycles. The number of anilines is 1. The molecule has 2 aliphatic rings. The van der Waals surface area contributed by atoms with Gasteiger partial charge in [0.05, 0.1) is 5.02 Å². The molecular formula is C25H25ClF4N6O2. The summed E-state index contributed by atoms with van der Waals surface area (Å²) in [5, 5.41) is 8.72. The smallest absolute Gasteiger partial charge is 0.451 e. The number of halogens is 5. The minimum absolute atomic E-state index is 0.0730. The second-order valence-electron chi connectivity index (χ2n) is 10.0. The van der Waals surface area contributed by atoms with Crippen LogP contribution in [0.5, 0.6) is 5.75 Å². The van der Waals surface area contributed by atoms with Crippen LogP contribution in [0.2, 0.25) is 5.02 Å². The number of carbonyl (C=O) groups excluding carboxylic acids is 1. The summed E-state index contributed by atoms with van der Waals surface area (Å²) in [7, 11) is 0. The first-order valence-electron chi connectivity index (χ1n) is 12.1. The zero-order valence-corrected chi connectivity index (χ0v) is 21.3. The van der Waals surface area contributed by atoms with Crippen molar-refractivity contribution in [3.8, 4) is 17.1 Å². The normalized spacial score (nSPS) is 21.4. The fraction of sp³-hybridized carbons (Fsp3) is 0.440. The third-order valence-electron chi connectivity index (χ3n) is 6.90. The predicted octanol–water partition coefficient (Wildman–Crippen LogP) is 5.15. The van der Waals surface area contributed by atoms with E-state index >= 15 is 0 Å². The number of benzene rings is 1. The number of carbonyl (C=O) groups is 1. The van der Waals surface area contributed by atoms with Crippen molar-refractivity contribution in [2.75, 3.05) is 4.90 Å². The SMILES string of the molecule is CC(C)(Oc1ccc(F)cc1Cl)C(=O)NC1CC2CCC(C1)N2c1ccc(-c2n[nH]c(C(F)(F)F)n2)cn1. The van der Waals surface area contributed by atoms with Crippen LogP contribution >= 0.6 is 11.6 Å². The number of nitrogens with one attached hydrogen (secondary N) is 2. The fourth-order valence-corrected chi connectivity index (χ4v) is 5.30. The Morgan fingerprint density at radius 2 is 1.87 bits per heavy atom. The topological polar surface area (TPSA) is 96.0 Å². The zero-order chi connectivity index (χ0) is 27.2. The van der Waals surface area contributed by atoms with Gasteiger partial charge < -0.3 is 15.0 Å². The quantitative estimate of drug-likeness (QED) is 0.411. The molecule has 2 aromatic heterocycles. The molecular weight excluding hydrogens is 528 g/mol. The maximum atomic E-state index is 13.3. The van der Waals surface area contributed by atoms with Crippen molar-refractivity contribution in [1.29, 1.82) is 0 Å². The third kappa shape index (κ3) is 5.27. The van der Waals surface area contributed by atoms with Crippen LogP contribution in [-0.4, -0.2) is 49.8 Å². The standard InChI is InChI=1S/C25H25ClF4N6O2/c1-24(2,38-19-7-4-14(27)9-18(19)26)23(37)32-15-10-16-5-6-17(11-15)36(16)20-8-3-13(12-31-20)21-33-22(35-34-21)25(28,29)30/h3-4,7-9,12,15-17H,5-6,10-11H2,1-2H3,(H,32,37)(H,33,34,35). The Bertz CT molecular complexity index is 1320. The lowest BCUT2D eigenvalue weighted by molar-refractivity contribution is -0.144. The molecule has 0 radical (unpaired) electrons. The first-order valence-corrected chi connectivity index (χ1v) is 12.5. The molecule has 2 bridgehead atoms. The van der Waals surface area contributed by atoms with Crippen LogP contribution in [0.4, 0.5) is 23.4 Å². The molecule has 2 fully saturated rings. The lowest BCUT2D eigenvalue weighted by atomic mass is 9.96. The average Bonchev–Trinajstić information content (AvgIpc) is 3.44. The van der Waals surface area contributed by atoms with Gasteiger partial charge in [-0.2, -0.15) is 18.3 Å². The van der Waals surface area contributed by atoms with Crippen molar-refractivity contribution < 1.29 is 27.1 Å². The van der Waals surface area contributed by atoms with Gasteiger partial charge in [0.15, 0.2) is 11.4 Å². The molecule has 38 heavy (non-hydrogen) atoms. The van der Waals surface area contributed by atoms with Gasteiger partial charge in [-0.15, -0.1) is 0 Å². The largest absolute Gasteiger partial charge is 0.476 e. The molecule has 1 amide bonds. The van der Waals surface area contributed by atoms with Crippen molar-refractivity contribution in [3.63, 3.8) is 0 Å². The average molecular weight is 553 g/mol. The van der Waals surface area contributed by atoms with E-state index in [2.05, 4.69) is 25.3 Å². The van der Waals surface area contributed by atoms with Crippen molar-refractivity contribution in [3.05, 3.63) is 53.2 Å². The summed E-state index contributed by atoms with van der Waals surface area (Å²) >= 11 is 6.05. The number of fused-ring (bicyclic) bond motifs is 2. The molecule has 4 heterocycles. The molecule has 0 spiro atoms. The summed E-state index contributed by atoms with van der Waals surface area (Å²) in [6.07, 6.45) is 0.131. The van der Waals surface area contributed by atoms with E-state index in [0.29, 0.717) is 24.2 Å². The van der Waals surface area contributed by atoms with Gasteiger partial charge in [0.2, 0.25) is 5.82 Å². The van der Waals surface area contributed by atoms with Crippen LogP contribution in [0, 0.1) is 5.82 Å². The minimum Gasteiger partial charge on any atom is -0.476 e. The Kier molecular flexibility index (Phi) is 6.70. The number of aromatic nitrogens is 4. The molecule has 8 nitrogen and oxygen atoms in total. The van der Waals surface area contributed by atoms with E-state index in [-0.39, 0.29) is 40.6 Å². The molecule has 0 saturated carbocycles.